The first-order valence-electron chi connectivity index (χ1n) is 9.08. The Kier molecular flexibility index (Phi) is 11.3. The molecule has 10 heteroatoms. The van der Waals surface area contributed by atoms with Gasteiger partial charge in [0.25, 0.3) is 0 Å². The van der Waals surface area contributed by atoms with Crippen LogP contribution in [0.4, 0.5) is 0 Å². The molecule has 0 saturated carbocycles. The molecule has 1 saturated heterocycles. The van der Waals surface area contributed by atoms with Crippen LogP contribution in [0.15, 0.2) is 0 Å². The van der Waals surface area contributed by atoms with Crippen molar-refractivity contribution in [2.45, 2.75) is 91.2 Å². The van der Waals surface area contributed by atoms with Crippen LogP contribution in [0.1, 0.15) is 54.4 Å². The Bertz CT molecular complexity index is 466. The topological polar surface area (TPSA) is 89.5 Å². The van der Waals surface area contributed by atoms with Crippen LogP contribution < -0.4 is 0 Å². The third kappa shape index (κ3) is 9.67. The maximum Gasteiger partial charge on any atom is 0.373 e. The molecule has 8 nitrogen and oxygen atoms in total. The van der Waals surface area contributed by atoms with Gasteiger partial charge in [0.1, 0.15) is 6.10 Å². The molecule has 4 atom stereocenters. The van der Waals surface area contributed by atoms with Crippen LogP contribution >= 0.6 is 8.38 Å². The smallest absolute Gasteiger partial charge is 0.373 e. The van der Waals surface area contributed by atoms with E-state index in [1.807, 2.05) is 27.7 Å². The number of carbonyl (C=O) groups excluding carboxylic acids is 2. The molecule has 154 valence electrons. The van der Waals surface area contributed by atoms with E-state index in [-0.39, 0.29) is 18.3 Å². The van der Waals surface area contributed by atoms with Crippen molar-refractivity contribution >= 4 is 36.9 Å². The summed E-state index contributed by atoms with van der Waals surface area (Å²) in [5.41, 5.74) is 0. The Morgan fingerprint density at radius 2 is 1.63 bits per heavy atom. The number of hydrogen-bond donors (Lipinski definition) is 0. The van der Waals surface area contributed by atoms with Crippen molar-refractivity contribution in [3.05, 3.63) is 0 Å². The highest BCUT2D eigenvalue weighted by Crippen LogP contribution is 2.43. The van der Waals surface area contributed by atoms with E-state index in [2.05, 4.69) is 16.6 Å². The molecule has 0 amide bonds. The number of ether oxygens (including phenoxy) is 3. The Morgan fingerprint density at radius 3 is 2.07 bits per heavy atom. The van der Waals surface area contributed by atoms with Crippen molar-refractivity contribution in [3.8, 4) is 0 Å². The van der Waals surface area contributed by atoms with E-state index in [4.69, 9.17) is 27.0 Å². The molecule has 1 rings (SSSR count). The highest BCUT2D eigenvalue weighted by molar-refractivity contribution is 7.47. The van der Waals surface area contributed by atoms with Crippen molar-refractivity contribution in [1.82, 2.24) is 0 Å². The number of hydrogen-bond acceptors (Lipinski definition) is 8. The van der Waals surface area contributed by atoms with Crippen molar-refractivity contribution in [3.63, 3.8) is 0 Å². The molecule has 4 unspecified atom stereocenters. The molecule has 1 heterocycles. The Balaban J connectivity index is 2.77. The van der Waals surface area contributed by atoms with Gasteiger partial charge >= 0.3 is 28.6 Å². The Labute approximate surface area is 171 Å². The van der Waals surface area contributed by atoms with Gasteiger partial charge in [-0.05, 0) is 34.1 Å². The Hall–Kier alpha value is -0.258. The molecule has 0 aromatic rings. The van der Waals surface area contributed by atoms with Gasteiger partial charge in [0.05, 0.1) is 18.3 Å². The van der Waals surface area contributed by atoms with E-state index < -0.39 is 38.8 Å². The van der Waals surface area contributed by atoms with Crippen molar-refractivity contribution in [1.29, 1.82) is 0 Å². The van der Waals surface area contributed by atoms with Crippen molar-refractivity contribution in [2.75, 3.05) is 6.16 Å². The fourth-order valence-electron chi connectivity index (χ4n) is 2.69. The molecule has 27 heavy (non-hydrogen) atoms. The van der Waals surface area contributed by atoms with Gasteiger partial charge in [-0.1, -0.05) is 0 Å². The molecule has 0 aliphatic carbocycles. The first kappa shape index (κ1) is 24.8. The normalized spacial score (nSPS) is 25.8. The zero-order valence-corrected chi connectivity index (χ0v) is 18.9. The third-order valence-corrected chi connectivity index (χ3v) is 5.71. The summed E-state index contributed by atoms with van der Waals surface area (Å²) >= 11 is 2.10. The summed E-state index contributed by atoms with van der Waals surface area (Å²) < 4.78 is 33.5. The minimum Gasteiger partial charge on any atom is -0.492 e. The fraction of sp³-hybridized carbons (Fsp3) is 0.882. The lowest BCUT2D eigenvalue weighted by atomic mass is 10.0. The lowest BCUT2D eigenvalue weighted by molar-refractivity contribution is -0.249. The standard InChI is InChI=1S/C17H30O8P.Al/c1-10(2)24-26(25-11(3)4)8-7-14-9-15(21-12(5)18)16(17(20)23-14)22-13(6)19;/h10-11,14-17H,7-9H2,1-6H3;/q-1;+1. The predicted octanol–water partition coefficient (Wildman–Crippen LogP) is 2.62. The molecule has 0 spiro atoms. The highest BCUT2D eigenvalue weighted by atomic mass is 31.2. The Morgan fingerprint density at radius 1 is 1.07 bits per heavy atom. The zero-order chi connectivity index (χ0) is 20.6. The highest BCUT2D eigenvalue weighted by Gasteiger charge is 2.42. The van der Waals surface area contributed by atoms with Crippen LogP contribution in [0.3, 0.4) is 0 Å². The van der Waals surface area contributed by atoms with Crippen molar-refractivity contribution < 1.29 is 36.6 Å². The predicted molar refractivity (Wildman–Crippen MR) is 100 cm³/mol. The SMILES string of the molecule is CC(=O)OC1CC(CCP(OC(C)C)OC(C)C)OC([O][Al])C1OC(C)=O. The second kappa shape index (κ2) is 12.3. The maximum atomic E-state index is 11.5. The van der Waals surface area contributed by atoms with E-state index >= 15 is 0 Å². The van der Waals surface area contributed by atoms with Crippen molar-refractivity contribution in [2.24, 2.45) is 0 Å². The van der Waals surface area contributed by atoms with Gasteiger partial charge in [0.15, 0.2) is 20.8 Å². The molecule has 0 aromatic heterocycles. The maximum absolute atomic E-state index is 11.5. The fourth-order valence-corrected chi connectivity index (χ4v) is 4.61. The molecule has 0 N–H and O–H groups in total. The summed E-state index contributed by atoms with van der Waals surface area (Å²) in [6, 6.07) is 0. The number of carbonyl (C=O) groups is 2. The van der Waals surface area contributed by atoms with Crippen LogP contribution in [-0.4, -0.2) is 71.5 Å². The number of esters is 2. The van der Waals surface area contributed by atoms with Gasteiger partial charge < -0.3 is 27.0 Å². The van der Waals surface area contributed by atoms with Crippen LogP contribution in [0.25, 0.3) is 0 Å². The molecule has 1 aliphatic heterocycles. The minimum atomic E-state index is -1.06. The second-order valence-corrected chi connectivity index (χ2v) is 8.68. The summed E-state index contributed by atoms with van der Waals surface area (Å²) in [6.07, 6.45) is -0.715. The monoisotopic (exact) mass is 420 g/mol. The van der Waals surface area contributed by atoms with Gasteiger partial charge in [-0.25, -0.2) is 0 Å². The van der Waals surface area contributed by atoms with E-state index in [1.165, 1.54) is 13.8 Å². The summed E-state index contributed by atoms with van der Waals surface area (Å²) in [4.78, 5) is 22.9. The molecular formula is C17H30AlO8P. The summed E-state index contributed by atoms with van der Waals surface area (Å²) in [5, 5.41) is 0. The molecule has 1 aliphatic rings. The number of rotatable bonds is 10. The van der Waals surface area contributed by atoms with E-state index in [9.17, 15) is 9.59 Å². The molecule has 0 bridgehead atoms. The van der Waals surface area contributed by atoms with Crippen LogP contribution in [-0.2, 0) is 36.6 Å². The summed E-state index contributed by atoms with van der Waals surface area (Å²) in [5.74, 6) is -0.945. The lowest BCUT2D eigenvalue weighted by Crippen LogP contribution is -2.52. The van der Waals surface area contributed by atoms with Crippen LogP contribution in [0, 0.1) is 0 Å². The quantitative estimate of drug-likeness (QED) is 0.303. The van der Waals surface area contributed by atoms with Gasteiger partial charge in [-0.15, -0.1) is 0 Å². The first-order chi connectivity index (χ1) is 12.6. The summed E-state index contributed by atoms with van der Waals surface area (Å²) in [6.45, 7) is 10.5. The summed E-state index contributed by atoms with van der Waals surface area (Å²) in [7, 11) is -1.06. The van der Waals surface area contributed by atoms with Crippen LogP contribution in [0.5, 0.6) is 0 Å². The van der Waals surface area contributed by atoms with Gasteiger partial charge in [0.2, 0.25) is 0 Å². The molecular weight excluding hydrogens is 390 g/mol. The molecule has 2 radical (unpaired) electrons. The van der Waals surface area contributed by atoms with E-state index in [0.717, 1.165) is 0 Å². The zero-order valence-electron chi connectivity index (χ0n) is 16.9. The van der Waals surface area contributed by atoms with Gasteiger partial charge in [-0.2, -0.15) is 0 Å². The molecule has 1 fully saturated rings. The second-order valence-electron chi connectivity index (χ2n) is 6.87. The minimum absolute atomic E-state index is 0.0624. The lowest BCUT2D eigenvalue weighted by Gasteiger charge is -2.40. The molecule has 0 aromatic carbocycles. The third-order valence-electron chi connectivity index (χ3n) is 3.50. The van der Waals surface area contributed by atoms with E-state index in [0.29, 0.717) is 19.0 Å². The van der Waals surface area contributed by atoms with Crippen LogP contribution in [0.2, 0.25) is 0 Å². The van der Waals surface area contributed by atoms with Gasteiger partial charge in [0, 0.05) is 26.4 Å². The van der Waals surface area contributed by atoms with E-state index in [1.54, 1.807) is 0 Å². The average molecular weight is 420 g/mol. The van der Waals surface area contributed by atoms with Gasteiger partial charge in [-0.3, -0.25) is 9.59 Å². The average Bonchev–Trinajstić information content (AvgIpc) is 2.52. The first-order valence-corrected chi connectivity index (χ1v) is 10.9. The largest absolute Gasteiger partial charge is 0.492 e.